The number of pyridine rings is 1. The average Bonchev–Trinajstić information content (AvgIpc) is 2.48. The van der Waals surface area contributed by atoms with Crippen LogP contribution in [0.4, 0.5) is 8.78 Å². The van der Waals surface area contributed by atoms with Gasteiger partial charge in [-0.05, 0) is 12.5 Å². The van der Waals surface area contributed by atoms with Crippen LogP contribution in [0, 0.1) is 6.08 Å². The number of hydrogen-bond donors (Lipinski definition) is 0. The van der Waals surface area contributed by atoms with Crippen molar-refractivity contribution in [2.75, 3.05) is 0 Å². The Morgan fingerprint density at radius 2 is 2.14 bits per heavy atom. The van der Waals surface area contributed by atoms with E-state index in [1.165, 1.54) is 0 Å². The molecule has 0 fully saturated rings. The first-order valence-electron chi connectivity index (χ1n) is 4.11. The zero-order valence-electron chi connectivity index (χ0n) is 7.26. The third-order valence-corrected chi connectivity index (χ3v) is 2.00. The van der Waals surface area contributed by atoms with Gasteiger partial charge in [-0.25, -0.2) is 8.78 Å². The van der Waals surface area contributed by atoms with Gasteiger partial charge >= 0.3 is 0 Å². The second kappa shape index (κ2) is 4.28. The maximum Gasteiger partial charge on any atom is 0.197 e. The molecule has 0 bridgehead atoms. The Morgan fingerprint density at radius 1 is 1.36 bits per heavy atom. The van der Waals surface area contributed by atoms with Crippen LogP contribution >= 0.6 is 0 Å². The molecule has 1 nitrogen and oxygen atoms in total. The fraction of sp³-hybridized carbons (Fsp3) is 0.300. The van der Waals surface area contributed by atoms with Gasteiger partial charge in [0.15, 0.2) is 5.92 Å². The second-order valence-electron chi connectivity index (χ2n) is 3.02. The molecule has 1 radical (unpaired) electrons. The quantitative estimate of drug-likeness (QED) is 0.691. The summed E-state index contributed by atoms with van der Waals surface area (Å²) in [5.74, 6) is -2.76. The normalized spacial score (nSPS) is 18.6. The third-order valence-electron chi connectivity index (χ3n) is 2.00. The molecule has 1 aliphatic rings. The van der Waals surface area contributed by atoms with Crippen molar-refractivity contribution < 1.29 is 28.9 Å². The molecule has 0 N–H and O–H groups in total. The van der Waals surface area contributed by atoms with Crippen molar-refractivity contribution in [2.24, 2.45) is 0 Å². The van der Waals surface area contributed by atoms with Crippen LogP contribution in [-0.2, 0) is 20.1 Å². The maximum absolute atomic E-state index is 12.7. The number of nitrogens with zero attached hydrogens (tertiary/aromatic N) is 1. The first kappa shape index (κ1) is 11.5. The molecule has 0 spiro atoms. The summed E-state index contributed by atoms with van der Waals surface area (Å²) >= 11 is 0. The van der Waals surface area contributed by atoms with Crippen molar-refractivity contribution in [3.05, 3.63) is 36.2 Å². The minimum absolute atomic E-state index is 0. The molecule has 77 valence electrons. The van der Waals surface area contributed by atoms with Gasteiger partial charge in [0, 0.05) is 26.3 Å². The molecule has 0 saturated carbocycles. The molecule has 0 atom stereocenters. The summed E-state index contributed by atoms with van der Waals surface area (Å²) < 4.78 is 25.4. The Morgan fingerprint density at radius 3 is 2.64 bits per heavy atom. The van der Waals surface area contributed by atoms with Gasteiger partial charge in [0.25, 0.3) is 0 Å². The van der Waals surface area contributed by atoms with Crippen molar-refractivity contribution in [3.63, 3.8) is 0 Å². The topological polar surface area (TPSA) is 12.9 Å². The van der Waals surface area contributed by atoms with E-state index in [0.29, 0.717) is 17.7 Å². The minimum Gasteiger partial charge on any atom is -0.351 e. The van der Waals surface area contributed by atoms with Crippen molar-refractivity contribution in [3.8, 4) is 0 Å². The van der Waals surface area contributed by atoms with E-state index in [1.54, 1.807) is 24.4 Å². The van der Waals surface area contributed by atoms with Crippen LogP contribution in [0.1, 0.15) is 18.5 Å². The van der Waals surface area contributed by atoms with Gasteiger partial charge in [-0.15, -0.1) is 6.07 Å². The van der Waals surface area contributed by atoms with E-state index >= 15 is 0 Å². The number of halogens is 2. The summed E-state index contributed by atoms with van der Waals surface area (Å²) in [6.45, 7) is 0. The van der Waals surface area contributed by atoms with Gasteiger partial charge in [-0.1, -0.05) is 18.2 Å². The summed E-state index contributed by atoms with van der Waals surface area (Å²) in [6.07, 6.45) is 3.99. The molecule has 1 aromatic rings. The van der Waals surface area contributed by atoms with E-state index in [-0.39, 0.29) is 26.5 Å². The summed E-state index contributed by atoms with van der Waals surface area (Å²) in [6, 6.07) is 5.27. The molecule has 1 aliphatic carbocycles. The molecular weight excluding hydrogens is 364 g/mol. The fourth-order valence-corrected chi connectivity index (χ4v) is 1.36. The number of hydrogen-bond acceptors (Lipinski definition) is 1. The van der Waals surface area contributed by atoms with Crippen molar-refractivity contribution in [1.82, 2.24) is 4.98 Å². The molecule has 0 aromatic carbocycles. The Kier molecular flexibility index (Phi) is 3.51. The molecule has 0 unspecified atom stereocenters. The van der Waals surface area contributed by atoms with Crippen LogP contribution in [-0.4, -0.2) is 10.9 Å². The monoisotopic (exact) mass is 373 g/mol. The average molecular weight is 372 g/mol. The van der Waals surface area contributed by atoms with Gasteiger partial charge in [0.1, 0.15) is 0 Å². The number of alkyl halides is 2. The van der Waals surface area contributed by atoms with Gasteiger partial charge in [0.05, 0.1) is 0 Å². The largest absolute Gasteiger partial charge is 0.351 e. The molecule has 1 aromatic heterocycles. The predicted octanol–water partition coefficient (Wildman–Crippen LogP) is 2.69. The summed E-state index contributed by atoms with van der Waals surface area (Å²) in [4.78, 5) is 3.99. The summed E-state index contributed by atoms with van der Waals surface area (Å²) in [5.41, 5.74) is 1.14. The fourth-order valence-electron chi connectivity index (χ4n) is 1.36. The smallest absolute Gasteiger partial charge is 0.197 e. The summed E-state index contributed by atoms with van der Waals surface area (Å²) in [7, 11) is 0. The van der Waals surface area contributed by atoms with E-state index in [1.807, 2.05) is 0 Å². The maximum atomic E-state index is 12.7. The Balaban J connectivity index is 0.000000980. The Labute approximate surface area is 94.6 Å². The summed E-state index contributed by atoms with van der Waals surface area (Å²) in [5, 5.41) is 0. The second-order valence-corrected chi connectivity index (χ2v) is 3.02. The molecular formula is C10H8F2IrN-. The Hall–Kier alpha value is -0.601. The molecule has 14 heavy (non-hydrogen) atoms. The van der Waals surface area contributed by atoms with Crippen molar-refractivity contribution in [1.29, 1.82) is 0 Å². The van der Waals surface area contributed by atoms with Gasteiger partial charge in [0.2, 0.25) is 0 Å². The van der Waals surface area contributed by atoms with Gasteiger partial charge in [-0.3, -0.25) is 0 Å². The standard InChI is InChI=1S/C10H8F2N.Ir/c11-10(12)5-4-8(7-10)9-3-1-2-6-13-9;/h1-3,6H,4-5H2;/q-1;. The molecule has 2 rings (SSSR count). The number of aromatic nitrogens is 1. The first-order chi connectivity index (χ1) is 6.17. The van der Waals surface area contributed by atoms with Crippen LogP contribution in [0.2, 0.25) is 0 Å². The predicted molar refractivity (Wildman–Crippen MR) is 45.1 cm³/mol. The SMILES string of the molecule is FC1(F)[C-]=C(c2ccccn2)CC1.[Ir]. The van der Waals surface area contributed by atoms with Crippen LogP contribution in [0.25, 0.3) is 5.57 Å². The number of allylic oxidation sites excluding steroid dienone is 2. The molecule has 0 saturated heterocycles. The van der Waals surface area contributed by atoms with E-state index in [9.17, 15) is 8.78 Å². The van der Waals surface area contributed by atoms with Crippen LogP contribution in [0.5, 0.6) is 0 Å². The van der Waals surface area contributed by atoms with E-state index in [2.05, 4.69) is 11.1 Å². The zero-order valence-corrected chi connectivity index (χ0v) is 9.66. The molecule has 1 heterocycles. The van der Waals surface area contributed by atoms with Crippen molar-refractivity contribution in [2.45, 2.75) is 18.8 Å². The Bertz CT molecular complexity index is 335. The van der Waals surface area contributed by atoms with Gasteiger partial charge in [-0.2, -0.15) is 11.6 Å². The molecule has 4 heteroatoms. The van der Waals surface area contributed by atoms with Gasteiger partial charge < -0.3 is 4.98 Å². The number of rotatable bonds is 1. The van der Waals surface area contributed by atoms with Crippen molar-refractivity contribution >= 4 is 5.57 Å². The molecule has 0 aliphatic heterocycles. The third kappa shape index (κ3) is 2.46. The van der Waals surface area contributed by atoms with E-state index in [0.717, 1.165) is 0 Å². The molecule has 0 amide bonds. The van der Waals surface area contributed by atoms with E-state index < -0.39 is 5.92 Å². The first-order valence-corrected chi connectivity index (χ1v) is 4.11. The van der Waals surface area contributed by atoms with Crippen LogP contribution < -0.4 is 0 Å². The van der Waals surface area contributed by atoms with E-state index in [4.69, 9.17) is 0 Å². The van der Waals surface area contributed by atoms with Crippen LogP contribution in [0.15, 0.2) is 24.4 Å². The zero-order chi connectivity index (χ0) is 9.31. The van der Waals surface area contributed by atoms with Crippen LogP contribution in [0.3, 0.4) is 0 Å². The minimum atomic E-state index is -2.76.